The van der Waals surface area contributed by atoms with Crippen molar-refractivity contribution in [3.05, 3.63) is 11.1 Å². The van der Waals surface area contributed by atoms with Crippen LogP contribution in [0.4, 0.5) is 5.13 Å². The van der Waals surface area contributed by atoms with Crippen molar-refractivity contribution in [1.29, 1.82) is 0 Å². The highest BCUT2D eigenvalue weighted by Crippen LogP contribution is 2.11. The largest absolute Gasteiger partial charge is 0.375 e. The van der Waals surface area contributed by atoms with Crippen molar-refractivity contribution in [2.24, 2.45) is 5.92 Å². The Morgan fingerprint density at radius 3 is 2.92 bits per heavy atom. The van der Waals surface area contributed by atoms with E-state index in [0.717, 1.165) is 12.3 Å². The topological polar surface area (TPSA) is 48.1 Å². The van der Waals surface area contributed by atoms with Crippen LogP contribution >= 0.6 is 11.3 Å². The standard InChI is InChI=1S/C8H14N2OS/c1-6(2)3-11-4-7-5-12-8(9)10-7/h5-6H,3-4H2,1-2H3,(H2,9,10). The van der Waals surface area contributed by atoms with E-state index < -0.39 is 0 Å². The Hall–Kier alpha value is -0.610. The molecule has 0 unspecified atom stereocenters. The van der Waals surface area contributed by atoms with Crippen molar-refractivity contribution >= 4 is 16.5 Å². The molecule has 0 aliphatic heterocycles. The Balaban J connectivity index is 2.24. The van der Waals surface area contributed by atoms with E-state index in [4.69, 9.17) is 10.5 Å². The SMILES string of the molecule is CC(C)COCc1csc(N)n1. The van der Waals surface area contributed by atoms with Gasteiger partial charge in [-0.25, -0.2) is 4.98 Å². The van der Waals surface area contributed by atoms with Gasteiger partial charge in [-0.3, -0.25) is 0 Å². The van der Waals surface area contributed by atoms with Crippen LogP contribution in [0, 0.1) is 5.92 Å². The number of nitrogen functional groups attached to an aromatic ring is 1. The Labute approximate surface area is 76.6 Å². The van der Waals surface area contributed by atoms with Crippen molar-refractivity contribution in [3.8, 4) is 0 Å². The summed E-state index contributed by atoms with van der Waals surface area (Å²) in [5.41, 5.74) is 6.39. The fourth-order valence-electron chi connectivity index (χ4n) is 0.788. The van der Waals surface area contributed by atoms with Crippen LogP contribution in [0.1, 0.15) is 19.5 Å². The lowest BCUT2D eigenvalue weighted by Gasteiger charge is -2.03. The number of aromatic nitrogens is 1. The van der Waals surface area contributed by atoms with E-state index in [2.05, 4.69) is 18.8 Å². The number of nitrogens with zero attached hydrogens (tertiary/aromatic N) is 1. The first-order valence-electron chi connectivity index (χ1n) is 3.96. The summed E-state index contributed by atoms with van der Waals surface area (Å²) in [6.45, 7) is 5.59. The Bertz CT molecular complexity index is 235. The molecule has 0 bridgehead atoms. The number of ether oxygens (including phenoxy) is 1. The van der Waals surface area contributed by atoms with Crippen LogP contribution in [0.15, 0.2) is 5.38 Å². The van der Waals surface area contributed by atoms with E-state index in [9.17, 15) is 0 Å². The molecular formula is C8H14N2OS. The molecule has 3 nitrogen and oxygen atoms in total. The molecule has 4 heteroatoms. The van der Waals surface area contributed by atoms with E-state index in [1.165, 1.54) is 11.3 Å². The van der Waals surface area contributed by atoms with Gasteiger partial charge in [0.25, 0.3) is 0 Å². The van der Waals surface area contributed by atoms with Gasteiger partial charge in [0.2, 0.25) is 0 Å². The van der Waals surface area contributed by atoms with Crippen LogP contribution in [0.3, 0.4) is 0 Å². The Kier molecular flexibility index (Phi) is 3.49. The van der Waals surface area contributed by atoms with E-state index >= 15 is 0 Å². The summed E-state index contributed by atoms with van der Waals surface area (Å²) in [5, 5.41) is 2.54. The number of rotatable bonds is 4. The monoisotopic (exact) mass is 186 g/mol. The van der Waals surface area contributed by atoms with E-state index in [-0.39, 0.29) is 0 Å². The lowest BCUT2D eigenvalue weighted by Crippen LogP contribution is -2.02. The highest BCUT2D eigenvalue weighted by atomic mass is 32.1. The van der Waals surface area contributed by atoms with Crippen LogP contribution < -0.4 is 5.73 Å². The number of nitrogens with two attached hydrogens (primary N) is 1. The average Bonchev–Trinajstić information content (AvgIpc) is 2.35. The van der Waals surface area contributed by atoms with E-state index in [0.29, 0.717) is 17.7 Å². The molecule has 0 fully saturated rings. The minimum absolute atomic E-state index is 0.570. The molecule has 12 heavy (non-hydrogen) atoms. The molecule has 0 aliphatic rings. The van der Waals surface area contributed by atoms with Gasteiger partial charge in [0.1, 0.15) is 0 Å². The Morgan fingerprint density at radius 2 is 2.42 bits per heavy atom. The molecule has 2 N–H and O–H groups in total. The first kappa shape index (κ1) is 9.48. The molecule has 0 aromatic carbocycles. The fourth-order valence-corrected chi connectivity index (χ4v) is 1.34. The summed E-state index contributed by atoms with van der Waals surface area (Å²) in [6, 6.07) is 0. The van der Waals surface area contributed by atoms with Crippen molar-refractivity contribution in [2.45, 2.75) is 20.5 Å². The molecule has 1 rings (SSSR count). The van der Waals surface area contributed by atoms with E-state index in [1.54, 1.807) is 0 Å². The van der Waals surface area contributed by atoms with Crippen molar-refractivity contribution in [2.75, 3.05) is 12.3 Å². The van der Waals surface area contributed by atoms with Crippen LogP contribution in [0.25, 0.3) is 0 Å². The molecule has 0 saturated heterocycles. The second kappa shape index (κ2) is 4.42. The van der Waals surface area contributed by atoms with Crippen LogP contribution in [0.2, 0.25) is 0 Å². The van der Waals surface area contributed by atoms with Crippen LogP contribution in [0.5, 0.6) is 0 Å². The van der Waals surface area contributed by atoms with Gasteiger partial charge in [-0.2, -0.15) is 0 Å². The average molecular weight is 186 g/mol. The summed E-state index contributed by atoms with van der Waals surface area (Å²) in [6.07, 6.45) is 0. The molecule has 0 atom stereocenters. The van der Waals surface area contributed by atoms with Gasteiger partial charge in [0.15, 0.2) is 5.13 Å². The number of thiazole rings is 1. The van der Waals surface area contributed by atoms with Gasteiger partial charge in [0, 0.05) is 12.0 Å². The molecule has 1 heterocycles. The highest BCUT2D eigenvalue weighted by Gasteiger charge is 1.99. The summed E-state index contributed by atoms with van der Waals surface area (Å²) in [5.74, 6) is 0.570. The van der Waals surface area contributed by atoms with Crippen molar-refractivity contribution < 1.29 is 4.74 Å². The molecule has 1 aromatic rings. The molecule has 68 valence electrons. The highest BCUT2D eigenvalue weighted by molar-refractivity contribution is 7.13. The number of hydrogen-bond acceptors (Lipinski definition) is 4. The third-order valence-electron chi connectivity index (χ3n) is 1.27. The lowest BCUT2D eigenvalue weighted by atomic mass is 10.2. The second-order valence-corrected chi connectivity index (χ2v) is 3.98. The second-order valence-electron chi connectivity index (χ2n) is 3.09. The zero-order valence-electron chi connectivity index (χ0n) is 7.41. The van der Waals surface area contributed by atoms with Crippen molar-refractivity contribution in [1.82, 2.24) is 4.98 Å². The van der Waals surface area contributed by atoms with E-state index in [1.807, 2.05) is 5.38 Å². The zero-order valence-corrected chi connectivity index (χ0v) is 8.23. The molecule has 0 spiro atoms. The third-order valence-corrected chi connectivity index (χ3v) is 1.99. The maximum atomic E-state index is 5.46. The third kappa shape index (κ3) is 3.19. The number of hydrogen-bond donors (Lipinski definition) is 1. The van der Waals surface area contributed by atoms with Crippen LogP contribution in [-0.2, 0) is 11.3 Å². The maximum absolute atomic E-state index is 5.46. The first-order valence-corrected chi connectivity index (χ1v) is 4.84. The molecule has 0 saturated carbocycles. The number of anilines is 1. The van der Waals surface area contributed by atoms with Crippen LogP contribution in [-0.4, -0.2) is 11.6 Å². The summed E-state index contributed by atoms with van der Waals surface area (Å²) in [7, 11) is 0. The van der Waals surface area contributed by atoms with Gasteiger partial charge in [-0.1, -0.05) is 13.8 Å². The molecule has 0 amide bonds. The molecule has 0 radical (unpaired) electrons. The first-order chi connectivity index (χ1) is 5.68. The molecule has 0 aliphatic carbocycles. The van der Waals surface area contributed by atoms with Gasteiger partial charge >= 0.3 is 0 Å². The normalized spacial score (nSPS) is 10.9. The van der Waals surface area contributed by atoms with Gasteiger partial charge < -0.3 is 10.5 Å². The zero-order chi connectivity index (χ0) is 8.97. The van der Waals surface area contributed by atoms with Gasteiger partial charge in [0.05, 0.1) is 12.3 Å². The predicted molar refractivity (Wildman–Crippen MR) is 51.0 cm³/mol. The maximum Gasteiger partial charge on any atom is 0.180 e. The summed E-state index contributed by atoms with van der Waals surface area (Å²) in [4.78, 5) is 4.08. The minimum atomic E-state index is 0.570. The van der Waals surface area contributed by atoms with Gasteiger partial charge in [-0.05, 0) is 5.92 Å². The molecular weight excluding hydrogens is 172 g/mol. The van der Waals surface area contributed by atoms with Gasteiger partial charge in [-0.15, -0.1) is 11.3 Å². The lowest BCUT2D eigenvalue weighted by molar-refractivity contribution is 0.0952. The van der Waals surface area contributed by atoms with Crippen molar-refractivity contribution in [3.63, 3.8) is 0 Å². The minimum Gasteiger partial charge on any atom is -0.375 e. The summed E-state index contributed by atoms with van der Waals surface area (Å²) < 4.78 is 5.38. The fraction of sp³-hybridized carbons (Fsp3) is 0.625. The quantitative estimate of drug-likeness (QED) is 0.781. The smallest absolute Gasteiger partial charge is 0.180 e. The summed E-state index contributed by atoms with van der Waals surface area (Å²) >= 11 is 1.45. The Morgan fingerprint density at radius 1 is 1.67 bits per heavy atom. The molecule has 1 aromatic heterocycles. The predicted octanol–water partition coefficient (Wildman–Crippen LogP) is 1.90.